The first kappa shape index (κ1) is 89.9. The van der Waals surface area contributed by atoms with E-state index in [1.807, 2.05) is 128 Å². The predicted octanol–water partition coefficient (Wildman–Crippen LogP) is 19.4. The molecular weight excluding hydrogens is 1830 g/mol. The van der Waals surface area contributed by atoms with Gasteiger partial charge in [-0.1, -0.05) is 0 Å². The smallest absolute Gasteiger partial charge is 0.263 e. The van der Waals surface area contributed by atoms with Gasteiger partial charge in [0.2, 0.25) is 68.2 Å². The Morgan fingerprint density at radius 3 is 0.931 bits per heavy atom. The molecule has 0 bridgehead atoms. The summed E-state index contributed by atoms with van der Waals surface area (Å²) in [5.41, 5.74) is 8.56. The number of ether oxygens (including phenoxy) is 8. The van der Waals surface area contributed by atoms with Gasteiger partial charge in [-0.15, -0.1) is 45.3 Å². The molecule has 0 spiro atoms. The lowest BCUT2D eigenvalue weighted by atomic mass is 10.1. The molecule has 16 aromatic rings. The molecule has 4 aliphatic heterocycles. The fourth-order valence-electron chi connectivity index (χ4n) is 14.6. The summed E-state index contributed by atoms with van der Waals surface area (Å²) in [6, 6.07) is 30.6. The van der Waals surface area contributed by atoms with Gasteiger partial charge in [0.25, 0.3) is 23.6 Å². The Hall–Kier alpha value is -12.1. The number of halogens is 5. The Bertz CT molecular complexity index is 7110. The third-order valence-electron chi connectivity index (χ3n) is 20.5. The molecule has 0 saturated carbocycles. The highest BCUT2D eigenvalue weighted by Gasteiger charge is 2.31. The fraction of sp³-hybridized carbons (Fsp3) is 0.281. The van der Waals surface area contributed by atoms with Crippen LogP contribution >= 0.6 is 91.8 Å². The van der Waals surface area contributed by atoms with Crippen LogP contribution in [0.5, 0.6) is 47.0 Å². The molecule has 4 aromatic carbocycles. The second-order valence-corrected chi connectivity index (χ2v) is 36.9. The number of amides is 4. The van der Waals surface area contributed by atoms with Crippen molar-refractivity contribution in [2.24, 2.45) is 0 Å². The topological polar surface area (TPSA) is 393 Å². The number of nitrogens with zero attached hydrogens (tertiary/aromatic N) is 12. The van der Waals surface area contributed by atoms with Crippen molar-refractivity contribution in [1.82, 2.24) is 81.1 Å². The van der Waals surface area contributed by atoms with Crippen LogP contribution in [0.15, 0.2) is 122 Å². The van der Waals surface area contributed by atoms with Crippen LogP contribution in [0.2, 0.25) is 21.1 Å². The van der Waals surface area contributed by atoms with Gasteiger partial charge >= 0.3 is 0 Å². The van der Waals surface area contributed by atoms with E-state index in [1.54, 1.807) is 50.0 Å². The average molecular weight is 1910 g/mol. The summed E-state index contributed by atoms with van der Waals surface area (Å²) in [6.45, 7) is 19.2. The van der Waals surface area contributed by atoms with Crippen LogP contribution in [0.4, 0.5) is 27.1 Å². The molecule has 8 N–H and O–H groups in total. The van der Waals surface area contributed by atoms with Crippen LogP contribution in [0.1, 0.15) is 116 Å². The van der Waals surface area contributed by atoms with Crippen molar-refractivity contribution in [3.05, 3.63) is 185 Å². The maximum absolute atomic E-state index is 12.6. The first-order valence-electron chi connectivity index (χ1n) is 41.0. The van der Waals surface area contributed by atoms with E-state index in [2.05, 4.69) is 97.4 Å². The quantitative estimate of drug-likeness (QED) is 0.0275. The third-order valence-corrected chi connectivity index (χ3v) is 25.9. The number of methoxy groups -OCH3 is 1. The number of aromatic nitrogens is 12. The van der Waals surface area contributed by atoms with Crippen molar-refractivity contribution in [2.75, 3.05) is 74.4 Å². The van der Waals surface area contributed by atoms with Crippen molar-refractivity contribution in [2.45, 2.75) is 112 Å². The molecule has 0 fully saturated rings. The molecule has 4 atom stereocenters. The number of fused-ring (bicyclic) bond motifs is 20. The molecule has 0 aliphatic carbocycles. The molecule has 0 saturated heterocycles. The lowest BCUT2D eigenvalue weighted by Crippen LogP contribution is -2.34. The van der Waals surface area contributed by atoms with E-state index in [9.17, 15) is 23.6 Å². The van der Waals surface area contributed by atoms with Crippen molar-refractivity contribution in [1.29, 1.82) is 0 Å². The van der Waals surface area contributed by atoms with E-state index >= 15 is 0 Å². The van der Waals surface area contributed by atoms with E-state index in [0.29, 0.717) is 128 Å². The average Bonchev–Trinajstić information content (AvgIpc) is 1.61. The lowest BCUT2D eigenvalue weighted by Gasteiger charge is -2.20. The van der Waals surface area contributed by atoms with Gasteiger partial charge in [-0.25, -0.2) is 44.3 Å². The van der Waals surface area contributed by atoms with Crippen LogP contribution in [-0.4, -0.2) is 166 Å². The largest absolute Gasteiger partial charge is 0.420 e. The van der Waals surface area contributed by atoms with E-state index in [4.69, 9.17) is 89.3 Å². The van der Waals surface area contributed by atoms with Gasteiger partial charge in [0.1, 0.15) is 26.2 Å². The van der Waals surface area contributed by atoms with Crippen LogP contribution in [-0.2, 0) is 45.4 Å². The molecule has 668 valence electrons. The summed E-state index contributed by atoms with van der Waals surface area (Å²) in [4.78, 5) is 104. The molecule has 20 rings (SSSR count). The third kappa shape index (κ3) is 19.8. The summed E-state index contributed by atoms with van der Waals surface area (Å²) in [5.74, 6) is 2.30. The van der Waals surface area contributed by atoms with E-state index in [0.717, 1.165) is 101 Å². The van der Waals surface area contributed by atoms with Crippen molar-refractivity contribution in [3.63, 3.8) is 0 Å². The molecule has 16 heterocycles. The highest BCUT2D eigenvalue weighted by molar-refractivity contribution is 7.23. The molecule has 32 nitrogen and oxygen atoms in total. The van der Waals surface area contributed by atoms with E-state index < -0.39 is 6.67 Å². The second-order valence-electron chi connectivity index (χ2n) is 31.4. The van der Waals surface area contributed by atoms with Crippen molar-refractivity contribution < 1.29 is 61.5 Å². The van der Waals surface area contributed by atoms with Gasteiger partial charge in [0, 0.05) is 175 Å². The number of thiophene rings is 4. The highest BCUT2D eigenvalue weighted by Crippen LogP contribution is 2.47. The second kappa shape index (κ2) is 38.9. The Balaban J connectivity index is 0.000000122. The SMILES string of the molecule is CCOCc1cnc(Cl)nc1Oc1ccc2c(ccc3sc4c(c32)NC[C@@H](C)NC4=O)n1.COCc1cnc(Cl)nc1Oc1ccc2c(ccc3sc4c(c32)NC[C@@H](C)NC4=O)n1.C[C@@H]1CNc2c(sc3ccc4nc(Oc5nc(Cl)ncc5COC(C)(C)C)ccc4c23)C(=O)N1.C[C@@H]1CNc2c(sc3ccc4nc(Oc5nc(Cl)ncc5COCCF)ccc4c23)C(=O)N1. The van der Waals surface area contributed by atoms with Crippen molar-refractivity contribution in [3.8, 4) is 47.0 Å². The van der Waals surface area contributed by atoms with Gasteiger partial charge < -0.3 is 80.4 Å². The van der Waals surface area contributed by atoms with Crippen LogP contribution < -0.4 is 61.5 Å². The molecular formula is C89H81Cl4FN20O12S4. The number of nitrogens with one attached hydrogen (secondary N) is 8. The molecule has 4 amide bonds. The van der Waals surface area contributed by atoms with Crippen molar-refractivity contribution >= 4 is 222 Å². The number of rotatable bonds is 19. The number of carbonyl (C=O) groups excluding carboxylic acids is 4. The van der Waals surface area contributed by atoms with Crippen LogP contribution in [0.25, 0.3) is 84.0 Å². The maximum atomic E-state index is 12.6. The summed E-state index contributed by atoms with van der Waals surface area (Å²) in [7, 11) is 1.58. The molecule has 130 heavy (non-hydrogen) atoms. The Labute approximate surface area is 776 Å². The normalized spacial score (nSPS) is 15.9. The number of carbonyl (C=O) groups is 4. The Kier molecular flexibility index (Phi) is 26.9. The van der Waals surface area contributed by atoms with E-state index in [-0.39, 0.29) is 107 Å². The minimum absolute atomic E-state index is 0.0151. The van der Waals surface area contributed by atoms with Gasteiger partial charge in [-0.2, -0.15) is 19.9 Å². The number of benzene rings is 4. The molecule has 0 radical (unpaired) electrons. The minimum atomic E-state index is -0.590. The Morgan fingerprint density at radius 2 is 0.662 bits per heavy atom. The summed E-state index contributed by atoms with van der Waals surface area (Å²) >= 11 is 29.7. The molecule has 12 aromatic heterocycles. The highest BCUT2D eigenvalue weighted by atomic mass is 35.5. The zero-order valence-corrected chi connectivity index (χ0v) is 77.2. The first-order valence-corrected chi connectivity index (χ1v) is 45.8. The number of hydrogen-bond acceptors (Lipinski definition) is 32. The summed E-state index contributed by atoms with van der Waals surface area (Å²) < 4.78 is 61.9. The first-order chi connectivity index (χ1) is 62.8. The number of alkyl halides is 1. The summed E-state index contributed by atoms with van der Waals surface area (Å²) in [6.07, 6.45) is 6.23. The Morgan fingerprint density at radius 1 is 0.385 bits per heavy atom. The van der Waals surface area contributed by atoms with E-state index in [1.165, 1.54) is 51.5 Å². The fourth-order valence-corrected chi connectivity index (χ4v) is 19.5. The predicted molar refractivity (Wildman–Crippen MR) is 505 cm³/mol. The van der Waals surface area contributed by atoms with Gasteiger partial charge in [0.05, 0.1) is 106 Å². The summed E-state index contributed by atoms with van der Waals surface area (Å²) in [5, 5.41) is 33.6. The number of pyridine rings is 4. The maximum Gasteiger partial charge on any atom is 0.263 e. The molecule has 41 heteroatoms. The number of anilines is 4. The van der Waals surface area contributed by atoms with Gasteiger partial charge in [-0.05, 0) is 175 Å². The van der Waals surface area contributed by atoms with Gasteiger partial charge in [-0.3, -0.25) is 19.2 Å². The molecule has 4 aliphatic rings. The van der Waals surface area contributed by atoms with Gasteiger partial charge in [0.15, 0.2) is 0 Å². The zero-order chi connectivity index (χ0) is 90.8. The standard InChI is InChI=1S/C24H24ClN5O3S.C22H19ClFN5O3S.C22H20ClN5O3S.C21H18ClN5O3S/c1-12-9-26-19-18-14-5-8-17(29-15(14)6-7-16(18)34-20(19)21(31)28-12)33-22-13(10-27-23(25)30-22)11-32-24(2,3)4;1-11-8-25-18-17-13-2-5-16(28-14(13)3-4-15(17)33-19(18)20(30)27-11)32-21-12(10-31-7-6-24)9-26-22(23)29-21;1-3-30-10-12-9-25-22(23)28-21(12)31-16-7-4-13-14(27-16)5-6-15-17(13)18-19(32-15)20(29)26-11(2)8-24-18;1-10-7-23-17-16-12-3-6-15(30-20-11(9-29-2)8-24-21(22)27-20)26-13(12)4-5-14(16)31-18(17)19(28)25-10/h5-8,10,12,26H,9,11H2,1-4H3,(H,28,31);2-5,9,11,25H,6-8,10H2,1H3,(H,27,30);4-7,9,11,24H,3,8,10H2,1-2H3,(H,26,29);3-6,8,10,23H,7,9H2,1-2H3,(H,25,28)/t12-;2*11-;10-/m1111/s1. The lowest BCUT2D eigenvalue weighted by molar-refractivity contribution is -0.0158. The zero-order valence-electron chi connectivity index (χ0n) is 70.9. The van der Waals surface area contributed by atoms with Crippen LogP contribution in [0, 0.1) is 0 Å². The number of hydrogen-bond donors (Lipinski definition) is 8. The minimum Gasteiger partial charge on any atom is -0.420 e. The monoisotopic (exact) mass is 1910 g/mol. The van der Waals surface area contributed by atoms with Crippen LogP contribution in [0.3, 0.4) is 0 Å². The molecule has 0 unspecified atom stereocenters.